The molecule has 2 aromatic rings. The van der Waals surface area contributed by atoms with Crippen LogP contribution in [0, 0.1) is 40.9 Å². The van der Waals surface area contributed by atoms with Gasteiger partial charge in [-0.3, -0.25) is 14.4 Å². The smallest absolute Gasteiger partial charge is 0.268 e. The minimum absolute atomic E-state index is 0.00699. The fraction of sp³-hybridized carbons (Fsp3) is 0.571. The van der Waals surface area contributed by atoms with Crippen LogP contribution in [0.3, 0.4) is 0 Å². The van der Waals surface area contributed by atoms with Gasteiger partial charge in [-0.1, -0.05) is 25.3 Å². The van der Waals surface area contributed by atoms with E-state index in [1.807, 2.05) is 18.2 Å². The Morgan fingerprint density at radius 2 is 2.11 bits per heavy atom. The van der Waals surface area contributed by atoms with Gasteiger partial charge in [0, 0.05) is 29.3 Å². The van der Waals surface area contributed by atoms with Crippen molar-refractivity contribution in [2.75, 3.05) is 13.7 Å². The zero-order valence-electron chi connectivity index (χ0n) is 21.0. The summed E-state index contributed by atoms with van der Waals surface area (Å²) in [5, 5.41) is 20.2. The zero-order chi connectivity index (χ0) is 25.7. The Balaban J connectivity index is 1.24. The van der Waals surface area contributed by atoms with E-state index in [4.69, 9.17) is 4.74 Å². The Morgan fingerprint density at radius 3 is 2.86 bits per heavy atom. The molecule has 1 aliphatic heterocycles. The van der Waals surface area contributed by atoms with Crippen molar-refractivity contribution in [3.63, 3.8) is 0 Å². The number of rotatable bonds is 7. The number of hydrogen-bond acceptors (Lipinski definition) is 5. The van der Waals surface area contributed by atoms with Gasteiger partial charge >= 0.3 is 0 Å². The molecule has 4 aliphatic carbocycles. The maximum Gasteiger partial charge on any atom is 0.268 e. The summed E-state index contributed by atoms with van der Waals surface area (Å²) in [6.07, 6.45) is 5.82. The van der Waals surface area contributed by atoms with Crippen molar-refractivity contribution in [2.24, 2.45) is 29.6 Å². The second-order valence-electron chi connectivity index (χ2n) is 11.3. The number of aromatic nitrogens is 1. The molecule has 1 saturated heterocycles. The van der Waals surface area contributed by atoms with Gasteiger partial charge in [0.25, 0.3) is 5.91 Å². The van der Waals surface area contributed by atoms with Crippen LogP contribution in [0.25, 0.3) is 10.9 Å². The van der Waals surface area contributed by atoms with Crippen molar-refractivity contribution < 1.29 is 19.1 Å². The van der Waals surface area contributed by atoms with Crippen LogP contribution >= 0.6 is 0 Å². The number of nitrogens with one attached hydrogen (secondary N) is 4. The van der Waals surface area contributed by atoms with Gasteiger partial charge in [0.2, 0.25) is 11.8 Å². The summed E-state index contributed by atoms with van der Waals surface area (Å²) in [7, 11) is 1.58. The number of hydrogen-bond donors (Lipinski definition) is 4. The number of methoxy groups -OCH3 is 1. The first-order valence-electron chi connectivity index (χ1n) is 13.4. The molecular formula is C28H33N5O4. The van der Waals surface area contributed by atoms with Crippen LogP contribution in [0.5, 0.6) is 5.75 Å². The van der Waals surface area contributed by atoms with Crippen molar-refractivity contribution in [1.29, 1.82) is 5.26 Å². The number of aromatic amines is 1. The number of nitriles is 1. The van der Waals surface area contributed by atoms with E-state index in [1.54, 1.807) is 13.2 Å². The first-order valence-corrected chi connectivity index (χ1v) is 13.4. The predicted molar refractivity (Wildman–Crippen MR) is 135 cm³/mol. The van der Waals surface area contributed by atoms with Gasteiger partial charge < -0.3 is 25.7 Å². The van der Waals surface area contributed by atoms with Crippen LogP contribution in [0.4, 0.5) is 0 Å². The van der Waals surface area contributed by atoms with Crippen LogP contribution in [0.1, 0.15) is 55.4 Å². The largest absolute Gasteiger partial charge is 0.496 e. The summed E-state index contributed by atoms with van der Waals surface area (Å²) in [6, 6.07) is 8.97. The predicted octanol–water partition coefficient (Wildman–Crippen LogP) is 2.64. The SMILES string of the molecule is COc1cccc2[nH]c(C(=O)N[C@@H](CC3CC3)C(=O)N[C@@]3(C#N)C[C@@H]4CCC[C@H]3[C@H]3C(=O)NC[C@@H]43)cc12. The lowest BCUT2D eigenvalue weighted by atomic mass is 9.60. The van der Waals surface area contributed by atoms with E-state index in [-0.39, 0.29) is 41.4 Å². The van der Waals surface area contributed by atoms with E-state index in [9.17, 15) is 19.6 Å². The third-order valence-electron chi connectivity index (χ3n) is 9.14. The number of carbonyl (C=O) groups is 3. The molecule has 7 rings (SSSR count). The molecule has 5 aliphatic rings. The van der Waals surface area contributed by atoms with E-state index in [0.717, 1.165) is 43.0 Å². The van der Waals surface area contributed by atoms with Crippen molar-refractivity contribution in [2.45, 2.75) is 56.5 Å². The van der Waals surface area contributed by atoms with Crippen molar-refractivity contribution in [3.8, 4) is 11.8 Å². The molecule has 3 amide bonds. The molecule has 0 unspecified atom stereocenters. The summed E-state index contributed by atoms with van der Waals surface area (Å²) in [5.74, 6) is 0.347. The lowest BCUT2D eigenvalue weighted by Gasteiger charge is -2.46. The van der Waals surface area contributed by atoms with Crippen molar-refractivity contribution >= 4 is 28.6 Å². The van der Waals surface area contributed by atoms with E-state index in [2.05, 4.69) is 27.0 Å². The molecule has 4 saturated carbocycles. The van der Waals surface area contributed by atoms with Crippen LogP contribution in [-0.2, 0) is 9.59 Å². The first-order chi connectivity index (χ1) is 17.9. The van der Waals surface area contributed by atoms with Gasteiger partial charge in [0.05, 0.1) is 13.2 Å². The molecular weight excluding hydrogens is 470 g/mol. The molecule has 6 atom stereocenters. The molecule has 1 aromatic carbocycles. The Kier molecular flexibility index (Phi) is 5.85. The quantitative estimate of drug-likeness (QED) is 0.461. The topological polar surface area (TPSA) is 136 Å². The van der Waals surface area contributed by atoms with Gasteiger partial charge in [-0.05, 0) is 61.6 Å². The molecule has 9 heteroatoms. The average Bonchev–Trinajstić information content (AvgIpc) is 3.57. The molecule has 0 radical (unpaired) electrons. The minimum Gasteiger partial charge on any atom is -0.496 e. The van der Waals surface area contributed by atoms with Crippen molar-refractivity contribution in [3.05, 3.63) is 30.0 Å². The highest BCUT2D eigenvalue weighted by Gasteiger charge is 2.59. The fourth-order valence-electron chi connectivity index (χ4n) is 7.15. The molecule has 9 nitrogen and oxygen atoms in total. The highest BCUT2D eigenvalue weighted by Crippen LogP contribution is 2.53. The molecule has 2 heterocycles. The lowest BCUT2D eigenvalue weighted by Crippen LogP contribution is -2.63. The molecule has 1 aromatic heterocycles. The molecule has 2 bridgehead atoms. The highest BCUT2D eigenvalue weighted by atomic mass is 16.5. The summed E-state index contributed by atoms with van der Waals surface area (Å²) in [6.45, 7) is 0.662. The van der Waals surface area contributed by atoms with Crippen LogP contribution in [-0.4, -0.2) is 47.9 Å². The van der Waals surface area contributed by atoms with Crippen LogP contribution in [0.15, 0.2) is 24.3 Å². The first kappa shape index (κ1) is 23.8. The monoisotopic (exact) mass is 503 g/mol. The number of carbonyl (C=O) groups excluding carboxylic acids is 3. The van der Waals surface area contributed by atoms with Crippen molar-refractivity contribution in [1.82, 2.24) is 20.9 Å². The Morgan fingerprint density at radius 1 is 1.27 bits per heavy atom. The normalized spacial score (nSPS) is 31.1. The van der Waals surface area contributed by atoms with Gasteiger partial charge in [-0.25, -0.2) is 0 Å². The Hall–Kier alpha value is -3.54. The lowest BCUT2D eigenvalue weighted by molar-refractivity contribution is -0.131. The standard InChI is InChI=1S/C28H33N5O4/c1-37-23-7-3-6-20-17(23)11-22(31-20)25(34)32-21(10-15-8-9-15)26(35)33-28(14-29)12-16-4-2-5-19(28)24-18(16)13-30-27(24)36/h3,6-7,11,15-16,18-19,21,24,31H,2,4-5,8-10,12-13H2,1H3,(H,30,36)(H,32,34)(H,33,35)/t16-,18-,19-,21-,24-,28+/m0/s1. The third kappa shape index (κ3) is 4.12. The zero-order valence-corrected chi connectivity index (χ0v) is 21.0. The van der Waals surface area contributed by atoms with Crippen LogP contribution < -0.4 is 20.7 Å². The number of fused-ring (bicyclic) bond motifs is 4. The minimum atomic E-state index is -1.10. The maximum absolute atomic E-state index is 13.7. The van der Waals surface area contributed by atoms with E-state index in [1.165, 1.54) is 0 Å². The van der Waals surface area contributed by atoms with E-state index >= 15 is 0 Å². The number of benzene rings is 1. The third-order valence-corrected chi connectivity index (χ3v) is 9.14. The second kappa shape index (κ2) is 9.09. The summed E-state index contributed by atoms with van der Waals surface area (Å²) in [4.78, 5) is 42.9. The summed E-state index contributed by atoms with van der Waals surface area (Å²) < 4.78 is 5.41. The number of H-pyrrole nitrogens is 1. The molecule has 0 spiro atoms. The average molecular weight is 504 g/mol. The Bertz CT molecular complexity index is 1290. The van der Waals surface area contributed by atoms with E-state index in [0.29, 0.717) is 36.7 Å². The van der Waals surface area contributed by atoms with Gasteiger partial charge in [0.15, 0.2) is 0 Å². The fourth-order valence-corrected chi connectivity index (χ4v) is 7.15. The molecule has 5 fully saturated rings. The van der Waals surface area contributed by atoms with Gasteiger partial charge in [-0.2, -0.15) is 5.26 Å². The van der Waals surface area contributed by atoms with E-state index < -0.39 is 11.6 Å². The van der Waals surface area contributed by atoms with Crippen LogP contribution in [0.2, 0.25) is 0 Å². The summed E-state index contributed by atoms with van der Waals surface area (Å²) >= 11 is 0. The van der Waals surface area contributed by atoms with Gasteiger partial charge in [-0.15, -0.1) is 0 Å². The molecule has 37 heavy (non-hydrogen) atoms. The number of ether oxygens (including phenoxy) is 1. The second-order valence-corrected chi connectivity index (χ2v) is 11.3. The molecule has 4 N–H and O–H groups in total. The highest BCUT2D eigenvalue weighted by molar-refractivity contribution is 6.01. The summed E-state index contributed by atoms with van der Waals surface area (Å²) in [5.41, 5.74) is 0.0272. The number of nitrogens with zero attached hydrogens (tertiary/aromatic N) is 1. The Labute approximate surface area is 215 Å². The molecule has 194 valence electrons. The maximum atomic E-state index is 13.7. The number of amides is 3. The van der Waals surface area contributed by atoms with Gasteiger partial charge in [0.1, 0.15) is 23.0 Å².